The zero-order valence-corrected chi connectivity index (χ0v) is 45.5. The monoisotopic (exact) mass is 1110 g/mol. The predicted molar refractivity (Wildman–Crippen MR) is 313 cm³/mol. The lowest BCUT2D eigenvalue weighted by Gasteiger charge is -2.22. The van der Waals surface area contributed by atoms with Gasteiger partial charge in [0.25, 0.3) is 0 Å². The molecule has 0 radical (unpaired) electrons. The number of halogens is 1. The van der Waals surface area contributed by atoms with E-state index in [1.807, 2.05) is 36.4 Å². The lowest BCUT2D eigenvalue weighted by atomic mass is 9.85. The van der Waals surface area contributed by atoms with Crippen LogP contribution in [0.2, 0.25) is 0 Å². The Morgan fingerprint density at radius 3 is 0.812 bits per heavy atom. The lowest BCUT2D eigenvalue weighted by molar-refractivity contribution is -0.126. The van der Waals surface area contributed by atoms with E-state index in [0.29, 0.717) is 111 Å². The van der Waals surface area contributed by atoms with Gasteiger partial charge in [0, 0.05) is 23.0 Å². The van der Waals surface area contributed by atoms with Gasteiger partial charge in [-0.3, -0.25) is 28.8 Å². The van der Waals surface area contributed by atoms with Crippen LogP contribution in [0.5, 0.6) is 17.2 Å². The average Bonchev–Trinajstić information content (AvgIpc) is 3.45. The number of unbranched alkanes of at least 4 members (excludes halogenated alkanes) is 3. The largest absolute Gasteiger partial charge is 0.508 e. The first-order chi connectivity index (χ1) is 38.2. The molecule has 0 aliphatic rings. The second-order valence-corrected chi connectivity index (χ2v) is 19.5. The fourth-order valence-electron chi connectivity index (χ4n) is 8.96. The number of aromatic hydroxyl groups is 3. The molecule has 80 heavy (non-hydrogen) atoms. The highest BCUT2D eigenvalue weighted by atomic mass is 35.5. The van der Waals surface area contributed by atoms with E-state index in [1.165, 1.54) is 36.4 Å². The molecule has 6 aromatic rings. The number of rotatable bonds is 30. The summed E-state index contributed by atoms with van der Waals surface area (Å²) < 4.78 is 0. The number of phenolic OH excluding ortho intramolecular Hbond substituents is 3. The number of carbonyl (C=O) groups excluding carboxylic acids is 6. The summed E-state index contributed by atoms with van der Waals surface area (Å²) in [4.78, 5) is 80.8. The highest BCUT2D eigenvalue weighted by molar-refractivity contribution is 5.99. The van der Waals surface area contributed by atoms with E-state index in [4.69, 9.17) is 17.2 Å². The Balaban J connectivity index is 0.0000118. The van der Waals surface area contributed by atoms with Gasteiger partial charge in [-0.25, -0.2) is 0 Å². The summed E-state index contributed by atoms with van der Waals surface area (Å²) in [5.41, 5.74) is 23.3. The normalized spacial score (nSPS) is 12.3. The van der Waals surface area contributed by atoms with E-state index < -0.39 is 41.8 Å². The fraction of sp³-hybridized carbons (Fsp3) is 0.311. The molecule has 0 aromatic heterocycles. The van der Waals surface area contributed by atoms with Crippen LogP contribution in [-0.2, 0) is 48.0 Å². The van der Waals surface area contributed by atoms with Crippen molar-refractivity contribution in [1.82, 2.24) is 16.0 Å². The molecule has 15 N–H and O–H groups in total. The Morgan fingerprint density at radius 1 is 0.350 bits per heavy atom. The summed E-state index contributed by atoms with van der Waals surface area (Å²) in [6, 6.07) is 38.3. The third kappa shape index (κ3) is 20.5. The van der Waals surface area contributed by atoms with Crippen LogP contribution in [0.1, 0.15) is 97.1 Å². The van der Waals surface area contributed by atoms with Crippen LogP contribution in [0.4, 0.5) is 17.1 Å². The van der Waals surface area contributed by atoms with Gasteiger partial charge in [0.2, 0.25) is 35.4 Å². The maximum atomic E-state index is 13.8. The van der Waals surface area contributed by atoms with Crippen LogP contribution in [-0.4, -0.2) is 88.5 Å². The van der Waals surface area contributed by atoms with Gasteiger partial charge >= 0.3 is 0 Å². The highest BCUT2D eigenvalue weighted by Crippen LogP contribution is 2.34. The summed E-state index contributed by atoms with van der Waals surface area (Å²) >= 11 is 0. The van der Waals surface area contributed by atoms with Crippen LogP contribution in [0.3, 0.4) is 0 Å². The number of anilines is 3. The molecule has 0 aliphatic carbocycles. The molecule has 0 aliphatic heterocycles. The van der Waals surface area contributed by atoms with Crippen LogP contribution in [0.15, 0.2) is 146 Å². The number of phenols is 3. The van der Waals surface area contributed by atoms with E-state index >= 15 is 0 Å². The summed E-state index contributed by atoms with van der Waals surface area (Å²) in [6.07, 6.45) is 5.01. The van der Waals surface area contributed by atoms with Crippen LogP contribution >= 0.6 is 12.4 Å². The molecular formula is C61H74ClN9O9. The van der Waals surface area contributed by atoms with Gasteiger partial charge in [-0.1, -0.05) is 72.8 Å². The molecule has 0 fully saturated rings. The molecule has 0 spiro atoms. The van der Waals surface area contributed by atoms with Crippen molar-refractivity contribution in [2.45, 2.75) is 101 Å². The maximum absolute atomic E-state index is 13.8. The van der Waals surface area contributed by atoms with Gasteiger partial charge in [-0.05, 0) is 184 Å². The molecule has 424 valence electrons. The maximum Gasteiger partial charge on any atom is 0.246 e. The molecule has 3 atom stereocenters. The minimum Gasteiger partial charge on any atom is -0.508 e. The molecule has 0 saturated carbocycles. The van der Waals surface area contributed by atoms with Crippen molar-refractivity contribution in [3.05, 3.63) is 179 Å². The molecule has 18 nitrogen and oxygen atoms in total. The van der Waals surface area contributed by atoms with Crippen molar-refractivity contribution in [3.63, 3.8) is 0 Å². The van der Waals surface area contributed by atoms with Crippen LogP contribution < -0.4 is 49.1 Å². The number of benzene rings is 6. The van der Waals surface area contributed by atoms with Crippen molar-refractivity contribution in [3.8, 4) is 17.2 Å². The second-order valence-electron chi connectivity index (χ2n) is 19.5. The number of nitrogens with one attached hydrogen (secondary N) is 6. The van der Waals surface area contributed by atoms with E-state index in [2.05, 4.69) is 31.9 Å². The summed E-state index contributed by atoms with van der Waals surface area (Å²) in [6.45, 7) is 1.31. The Bertz CT molecular complexity index is 2590. The van der Waals surface area contributed by atoms with Crippen LogP contribution in [0, 0.1) is 0 Å². The minimum atomic E-state index is -0.840. The van der Waals surface area contributed by atoms with Gasteiger partial charge in [-0.15, -0.1) is 12.4 Å². The van der Waals surface area contributed by atoms with Crippen molar-refractivity contribution >= 4 is 64.9 Å². The van der Waals surface area contributed by atoms with Gasteiger partial charge in [0.05, 0.1) is 19.3 Å². The molecule has 19 heteroatoms. The molecule has 6 amide bonds. The second kappa shape index (κ2) is 32.6. The van der Waals surface area contributed by atoms with E-state index in [9.17, 15) is 44.1 Å². The molecule has 0 bridgehead atoms. The van der Waals surface area contributed by atoms with Crippen molar-refractivity contribution in [2.24, 2.45) is 17.2 Å². The number of hydrogen-bond donors (Lipinski definition) is 12. The lowest BCUT2D eigenvalue weighted by Crippen LogP contribution is -2.44. The zero-order valence-electron chi connectivity index (χ0n) is 44.7. The Labute approximate surface area is 473 Å². The SMILES string of the molecule is Cl.NCCCCC(NC(=O)Cc1ccc(O)cc1)C(=O)Nc1ccc(C(c2ccc(NC(=O)C(CCCCN)NC(=O)Cc3ccc(O)cc3)cc2)c2ccc(NC(=O)C(CCCCN)NC(=O)Cc3ccc(O)cc3)cc2)cc1. The van der Waals surface area contributed by atoms with E-state index in [1.54, 1.807) is 72.8 Å². The Kier molecular flexibility index (Phi) is 25.5. The Hall–Kier alpha value is -8.29. The first-order valence-corrected chi connectivity index (χ1v) is 26.7. The molecule has 0 saturated heterocycles. The van der Waals surface area contributed by atoms with Crippen molar-refractivity contribution in [2.75, 3.05) is 35.6 Å². The molecular weight excluding hydrogens is 1040 g/mol. The topological polar surface area (TPSA) is 313 Å². The Morgan fingerprint density at radius 2 is 0.588 bits per heavy atom. The third-order valence-electron chi connectivity index (χ3n) is 13.2. The van der Waals surface area contributed by atoms with Gasteiger partial charge in [0.15, 0.2) is 0 Å². The molecule has 6 rings (SSSR count). The van der Waals surface area contributed by atoms with E-state index in [-0.39, 0.29) is 66.6 Å². The predicted octanol–water partition coefficient (Wildman–Crippen LogP) is 6.79. The summed E-state index contributed by atoms with van der Waals surface area (Å²) in [5.74, 6) is -2.39. The van der Waals surface area contributed by atoms with Crippen LogP contribution in [0.25, 0.3) is 0 Å². The quantitative estimate of drug-likeness (QED) is 0.0164. The average molecular weight is 1110 g/mol. The van der Waals surface area contributed by atoms with Crippen molar-refractivity contribution in [1.29, 1.82) is 0 Å². The van der Waals surface area contributed by atoms with Gasteiger partial charge < -0.3 is 64.4 Å². The summed E-state index contributed by atoms with van der Waals surface area (Å²) in [7, 11) is 0. The van der Waals surface area contributed by atoms with Gasteiger partial charge in [-0.2, -0.15) is 0 Å². The minimum absolute atomic E-state index is 0. The zero-order chi connectivity index (χ0) is 56.5. The highest BCUT2D eigenvalue weighted by Gasteiger charge is 2.25. The molecule has 0 heterocycles. The first-order valence-electron chi connectivity index (χ1n) is 26.7. The number of amides is 6. The third-order valence-corrected chi connectivity index (χ3v) is 13.2. The number of carbonyl (C=O) groups is 6. The van der Waals surface area contributed by atoms with Crippen molar-refractivity contribution < 1.29 is 44.1 Å². The number of nitrogens with two attached hydrogens (primary N) is 3. The standard InChI is InChI=1S/C61H73N9O9.ClH/c62-34-4-1-7-52(68-55(74)37-40-10-28-49(71)29-11-40)59(77)65-46-22-16-43(17-23-46)58(44-18-24-47(25-19-44)66-60(78)53(8-2-5-35-63)69-56(75)38-41-12-30-50(72)31-13-41)45-20-26-48(27-21-45)67-61(79)54(9-3-6-36-64)70-57(76)39-42-14-32-51(73)33-15-42;/h10-33,52-54,58,71-73H,1-9,34-39,62-64H2,(H,65,77)(H,66,78)(H,67,79)(H,68,74)(H,69,75)(H,70,76);1H. The number of hydrogen-bond acceptors (Lipinski definition) is 12. The summed E-state index contributed by atoms with van der Waals surface area (Å²) in [5, 5.41) is 46.5. The fourth-order valence-corrected chi connectivity index (χ4v) is 8.96. The smallest absolute Gasteiger partial charge is 0.246 e. The van der Waals surface area contributed by atoms with E-state index in [0.717, 1.165) is 16.7 Å². The molecule has 3 unspecified atom stereocenters. The van der Waals surface area contributed by atoms with Gasteiger partial charge in [0.1, 0.15) is 35.4 Å². The molecule has 6 aromatic carbocycles. The first kappa shape index (κ1) is 62.6.